The van der Waals surface area contributed by atoms with Gasteiger partial charge in [-0.1, -0.05) is 17.7 Å². The number of rotatable bonds is 3. The van der Waals surface area contributed by atoms with Gasteiger partial charge in [0, 0.05) is 17.0 Å². The molecular weight excluding hydrogens is 207 g/mol. The highest BCUT2D eigenvalue weighted by molar-refractivity contribution is 6.31. The second-order valence-electron chi connectivity index (χ2n) is 2.78. The van der Waals surface area contributed by atoms with Crippen molar-refractivity contribution in [1.29, 1.82) is 0 Å². The summed E-state index contributed by atoms with van der Waals surface area (Å²) in [6, 6.07) is 4.44. The molecule has 0 aliphatic heterocycles. The van der Waals surface area contributed by atoms with Crippen molar-refractivity contribution in [2.75, 3.05) is 7.11 Å². The summed E-state index contributed by atoms with van der Waals surface area (Å²) in [7, 11) is 1.30. The molecule has 0 saturated heterocycles. The first-order valence-corrected chi connectivity index (χ1v) is 4.52. The molecule has 0 saturated carbocycles. The predicted octanol–water partition coefficient (Wildman–Crippen LogP) is 2.58. The van der Waals surface area contributed by atoms with Crippen molar-refractivity contribution >= 4 is 17.6 Å². The van der Waals surface area contributed by atoms with Gasteiger partial charge in [-0.3, -0.25) is 4.79 Å². The Hall–Kier alpha value is -1.09. The lowest BCUT2D eigenvalue weighted by Crippen LogP contribution is -2.03. The number of hydrogen-bond acceptors (Lipinski definition) is 2. The van der Waals surface area contributed by atoms with Gasteiger partial charge in [0.05, 0.1) is 7.11 Å². The number of esters is 1. The van der Waals surface area contributed by atoms with Crippen LogP contribution in [-0.2, 0) is 16.0 Å². The van der Waals surface area contributed by atoms with Crippen LogP contribution >= 0.6 is 11.6 Å². The Morgan fingerprint density at radius 1 is 1.57 bits per heavy atom. The first kappa shape index (κ1) is 11.0. The molecule has 2 nitrogen and oxygen atoms in total. The summed E-state index contributed by atoms with van der Waals surface area (Å²) in [6.45, 7) is 0. The average molecular weight is 217 g/mol. The van der Waals surface area contributed by atoms with Gasteiger partial charge in [0.15, 0.2) is 0 Å². The van der Waals surface area contributed by atoms with Crippen LogP contribution in [0, 0.1) is 5.82 Å². The SMILES string of the molecule is COC(=O)CCc1c(F)cccc1Cl. The number of hydrogen-bond donors (Lipinski definition) is 0. The first-order valence-electron chi connectivity index (χ1n) is 4.15. The summed E-state index contributed by atoms with van der Waals surface area (Å²) in [5, 5.41) is 0.342. The van der Waals surface area contributed by atoms with Crippen molar-refractivity contribution in [1.82, 2.24) is 0 Å². The molecule has 0 atom stereocenters. The van der Waals surface area contributed by atoms with Crippen LogP contribution in [0.15, 0.2) is 18.2 Å². The van der Waals surface area contributed by atoms with Gasteiger partial charge in [0.2, 0.25) is 0 Å². The molecule has 1 rings (SSSR count). The third kappa shape index (κ3) is 2.70. The molecule has 0 aliphatic carbocycles. The quantitative estimate of drug-likeness (QED) is 0.726. The second kappa shape index (κ2) is 4.96. The van der Waals surface area contributed by atoms with Crippen LogP contribution < -0.4 is 0 Å². The van der Waals surface area contributed by atoms with E-state index in [1.54, 1.807) is 6.07 Å². The first-order chi connectivity index (χ1) is 6.65. The van der Waals surface area contributed by atoms with Gasteiger partial charge in [-0.15, -0.1) is 0 Å². The Morgan fingerprint density at radius 3 is 2.86 bits per heavy atom. The Balaban J connectivity index is 2.71. The Morgan fingerprint density at radius 2 is 2.29 bits per heavy atom. The fraction of sp³-hybridized carbons (Fsp3) is 0.300. The van der Waals surface area contributed by atoms with Crippen LogP contribution in [0.3, 0.4) is 0 Å². The summed E-state index contributed by atoms with van der Waals surface area (Å²) in [4.78, 5) is 10.8. The number of halogens is 2. The van der Waals surface area contributed by atoms with Crippen LogP contribution in [0.25, 0.3) is 0 Å². The minimum atomic E-state index is -0.388. The maximum Gasteiger partial charge on any atom is 0.305 e. The highest BCUT2D eigenvalue weighted by Crippen LogP contribution is 2.20. The predicted molar refractivity (Wildman–Crippen MR) is 51.7 cm³/mol. The molecular formula is C10H10ClFO2. The summed E-state index contributed by atoms with van der Waals surface area (Å²) >= 11 is 5.76. The van der Waals surface area contributed by atoms with Crippen molar-refractivity contribution in [3.8, 4) is 0 Å². The van der Waals surface area contributed by atoms with Crippen LogP contribution in [0.4, 0.5) is 4.39 Å². The number of carbonyl (C=O) groups excluding carboxylic acids is 1. The van der Waals surface area contributed by atoms with E-state index >= 15 is 0 Å². The van der Waals surface area contributed by atoms with Crippen molar-refractivity contribution < 1.29 is 13.9 Å². The number of methoxy groups -OCH3 is 1. The lowest BCUT2D eigenvalue weighted by Gasteiger charge is -2.04. The highest BCUT2D eigenvalue weighted by atomic mass is 35.5. The molecule has 0 spiro atoms. The Bertz CT molecular complexity index is 319. The van der Waals surface area contributed by atoms with E-state index in [4.69, 9.17) is 11.6 Å². The molecule has 0 heterocycles. The third-order valence-corrected chi connectivity index (χ3v) is 2.22. The molecule has 4 heteroatoms. The lowest BCUT2D eigenvalue weighted by atomic mass is 10.1. The fourth-order valence-electron chi connectivity index (χ4n) is 1.10. The van der Waals surface area contributed by atoms with Crippen molar-refractivity contribution in [3.05, 3.63) is 34.6 Å². The largest absolute Gasteiger partial charge is 0.469 e. The van der Waals surface area contributed by atoms with Crippen LogP contribution in [-0.4, -0.2) is 13.1 Å². The minimum absolute atomic E-state index is 0.136. The Labute approximate surface area is 86.6 Å². The molecule has 1 aromatic rings. The normalized spacial score (nSPS) is 9.93. The zero-order chi connectivity index (χ0) is 10.6. The second-order valence-corrected chi connectivity index (χ2v) is 3.18. The molecule has 0 radical (unpaired) electrons. The Kier molecular flexibility index (Phi) is 3.89. The van der Waals surface area contributed by atoms with Gasteiger partial charge in [-0.05, 0) is 18.6 Å². The monoisotopic (exact) mass is 216 g/mol. The molecule has 0 bridgehead atoms. The molecule has 0 aliphatic rings. The molecule has 76 valence electrons. The fourth-order valence-corrected chi connectivity index (χ4v) is 1.36. The van der Waals surface area contributed by atoms with E-state index in [-0.39, 0.29) is 24.6 Å². The molecule has 0 N–H and O–H groups in total. The number of ether oxygens (including phenoxy) is 1. The summed E-state index contributed by atoms with van der Waals surface area (Å²) in [5.41, 5.74) is 0.361. The van der Waals surface area contributed by atoms with Gasteiger partial charge >= 0.3 is 5.97 Å². The van der Waals surface area contributed by atoms with Gasteiger partial charge in [-0.25, -0.2) is 4.39 Å². The smallest absolute Gasteiger partial charge is 0.305 e. The highest BCUT2D eigenvalue weighted by Gasteiger charge is 2.09. The van der Waals surface area contributed by atoms with E-state index in [2.05, 4.69) is 4.74 Å². The zero-order valence-corrected chi connectivity index (χ0v) is 8.47. The summed E-state index contributed by atoms with van der Waals surface area (Å²) in [5.74, 6) is -0.759. The number of benzene rings is 1. The zero-order valence-electron chi connectivity index (χ0n) is 7.72. The third-order valence-electron chi connectivity index (χ3n) is 1.87. The van der Waals surface area contributed by atoms with Gasteiger partial charge in [-0.2, -0.15) is 0 Å². The van der Waals surface area contributed by atoms with Gasteiger partial charge < -0.3 is 4.74 Å². The average Bonchev–Trinajstić information content (AvgIpc) is 2.16. The van der Waals surface area contributed by atoms with Crippen LogP contribution in [0.5, 0.6) is 0 Å². The van der Waals surface area contributed by atoms with E-state index in [0.29, 0.717) is 10.6 Å². The van der Waals surface area contributed by atoms with Crippen LogP contribution in [0.1, 0.15) is 12.0 Å². The maximum absolute atomic E-state index is 13.2. The van der Waals surface area contributed by atoms with E-state index in [0.717, 1.165) is 0 Å². The van der Waals surface area contributed by atoms with Crippen LogP contribution in [0.2, 0.25) is 5.02 Å². The summed E-state index contributed by atoms with van der Waals surface area (Å²) < 4.78 is 17.6. The molecule has 0 fully saturated rings. The topological polar surface area (TPSA) is 26.3 Å². The number of carbonyl (C=O) groups is 1. The summed E-state index contributed by atoms with van der Waals surface area (Å²) in [6.07, 6.45) is 0.398. The van der Waals surface area contributed by atoms with Crippen molar-refractivity contribution in [3.63, 3.8) is 0 Å². The standard InChI is InChI=1S/C10H10ClFO2/c1-14-10(13)6-5-7-8(11)3-2-4-9(7)12/h2-4H,5-6H2,1H3. The van der Waals surface area contributed by atoms with E-state index in [1.165, 1.54) is 19.2 Å². The lowest BCUT2D eigenvalue weighted by molar-refractivity contribution is -0.140. The maximum atomic E-state index is 13.2. The molecule has 14 heavy (non-hydrogen) atoms. The van der Waals surface area contributed by atoms with Gasteiger partial charge in [0.25, 0.3) is 0 Å². The van der Waals surface area contributed by atoms with E-state index < -0.39 is 0 Å². The molecule has 0 unspecified atom stereocenters. The molecule has 0 aromatic heterocycles. The van der Waals surface area contributed by atoms with Gasteiger partial charge in [0.1, 0.15) is 5.82 Å². The van der Waals surface area contributed by atoms with Crippen molar-refractivity contribution in [2.24, 2.45) is 0 Å². The molecule has 0 amide bonds. The minimum Gasteiger partial charge on any atom is -0.469 e. The van der Waals surface area contributed by atoms with E-state index in [1.807, 2.05) is 0 Å². The van der Waals surface area contributed by atoms with Crippen molar-refractivity contribution in [2.45, 2.75) is 12.8 Å². The van der Waals surface area contributed by atoms with E-state index in [9.17, 15) is 9.18 Å². The molecule has 1 aromatic carbocycles.